The Kier molecular flexibility index (Phi) is 6.48. The standard InChI is InChI=1S/C11H7ClN4.C6H16OSi/c12-8-2-5-15-11-9(8)7(6-16-11)10-13-3-1-4-14-10;1-7-5-6-8(2,3)4/h1-6H,(H,15,16);5-6H2,1-4H3. The summed E-state index contributed by atoms with van der Waals surface area (Å²) < 4.78 is 4.95. The Morgan fingerprint density at radius 1 is 1.12 bits per heavy atom. The van der Waals surface area contributed by atoms with E-state index in [0.717, 1.165) is 23.2 Å². The second-order valence-electron chi connectivity index (χ2n) is 6.59. The number of H-pyrrole nitrogens is 1. The first-order chi connectivity index (χ1) is 11.4. The molecule has 0 saturated heterocycles. The Hall–Kier alpha value is -1.76. The lowest BCUT2D eigenvalue weighted by molar-refractivity contribution is 0.214. The van der Waals surface area contributed by atoms with Crippen LogP contribution in [0.5, 0.6) is 0 Å². The highest BCUT2D eigenvalue weighted by molar-refractivity contribution is 6.76. The van der Waals surface area contributed by atoms with E-state index in [2.05, 4.69) is 39.6 Å². The lowest BCUT2D eigenvalue weighted by atomic mass is 10.2. The molecular formula is C17H23ClN4OSi. The lowest BCUT2D eigenvalue weighted by Crippen LogP contribution is -2.21. The highest BCUT2D eigenvalue weighted by Crippen LogP contribution is 2.30. The molecule has 7 heteroatoms. The van der Waals surface area contributed by atoms with Crippen molar-refractivity contribution >= 4 is 30.7 Å². The molecule has 24 heavy (non-hydrogen) atoms. The fourth-order valence-corrected chi connectivity index (χ4v) is 3.10. The van der Waals surface area contributed by atoms with E-state index in [9.17, 15) is 0 Å². The first kappa shape index (κ1) is 18.6. The summed E-state index contributed by atoms with van der Waals surface area (Å²) in [5.74, 6) is 0.642. The van der Waals surface area contributed by atoms with Gasteiger partial charge in [0.1, 0.15) is 5.65 Å². The zero-order valence-electron chi connectivity index (χ0n) is 14.5. The molecule has 3 aromatic heterocycles. The van der Waals surface area contributed by atoms with Crippen molar-refractivity contribution in [2.75, 3.05) is 13.7 Å². The highest BCUT2D eigenvalue weighted by Gasteiger charge is 2.12. The molecule has 5 nitrogen and oxygen atoms in total. The van der Waals surface area contributed by atoms with Crippen molar-refractivity contribution in [2.45, 2.75) is 25.7 Å². The first-order valence-electron chi connectivity index (χ1n) is 7.80. The number of ether oxygens (including phenoxy) is 1. The van der Waals surface area contributed by atoms with Gasteiger partial charge in [0.15, 0.2) is 5.82 Å². The lowest BCUT2D eigenvalue weighted by Gasteiger charge is -2.13. The number of aromatic amines is 1. The molecule has 3 heterocycles. The summed E-state index contributed by atoms with van der Waals surface area (Å²) in [6, 6.07) is 4.81. The van der Waals surface area contributed by atoms with Crippen LogP contribution in [0.2, 0.25) is 30.7 Å². The van der Waals surface area contributed by atoms with Gasteiger partial charge in [-0.2, -0.15) is 0 Å². The summed E-state index contributed by atoms with van der Waals surface area (Å²) in [7, 11) is 0.961. The Morgan fingerprint density at radius 3 is 2.42 bits per heavy atom. The Morgan fingerprint density at radius 2 is 1.83 bits per heavy atom. The zero-order valence-corrected chi connectivity index (χ0v) is 16.3. The molecule has 1 N–H and O–H groups in total. The monoisotopic (exact) mass is 362 g/mol. The third-order valence-electron chi connectivity index (χ3n) is 3.39. The smallest absolute Gasteiger partial charge is 0.161 e. The minimum atomic E-state index is -0.803. The van der Waals surface area contributed by atoms with Gasteiger partial charge in [0, 0.05) is 57.5 Å². The number of methoxy groups -OCH3 is 1. The number of nitrogens with zero attached hydrogens (tertiary/aromatic N) is 3. The molecule has 0 radical (unpaired) electrons. The topological polar surface area (TPSA) is 63.7 Å². The molecular weight excluding hydrogens is 340 g/mol. The Balaban J connectivity index is 0.000000224. The number of pyridine rings is 1. The molecule has 0 fully saturated rings. The summed E-state index contributed by atoms with van der Waals surface area (Å²) in [6.07, 6.45) is 6.88. The minimum Gasteiger partial charge on any atom is -0.385 e. The predicted molar refractivity (Wildman–Crippen MR) is 102 cm³/mol. The second kappa shape index (κ2) is 8.37. The highest BCUT2D eigenvalue weighted by atomic mass is 35.5. The zero-order chi connectivity index (χ0) is 17.6. The molecule has 0 amide bonds. The number of nitrogens with one attached hydrogen (secondary N) is 1. The first-order valence-corrected chi connectivity index (χ1v) is 11.9. The molecule has 0 saturated carbocycles. The fraction of sp³-hybridized carbons (Fsp3) is 0.353. The van der Waals surface area contributed by atoms with Gasteiger partial charge < -0.3 is 9.72 Å². The van der Waals surface area contributed by atoms with E-state index in [1.165, 1.54) is 6.04 Å². The van der Waals surface area contributed by atoms with Crippen LogP contribution in [0.15, 0.2) is 36.9 Å². The largest absolute Gasteiger partial charge is 0.385 e. The summed E-state index contributed by atoms with van der Waals surface area (Å²) in [6.45, 7) is 8.00. The average molecular weight is 363 g/mol. The van der Waals surface area contributed by atoms with Gasteiger partial charge in [-0.25, -0.2) is 15.0 Å². The number of rotatable bonds is 4. The molecule has 0 aromatic carbocycles. The molecule has 0 aliphatic heterocycles. The number of aromatic nitrogens is 4. The quantitative estimate of drug-likeness (QED) is 0.686. The minimum absolute atomic E-state index is 0.642. The van der Waals surface area contributed by atoms with E-state index in [0.29, 0.717) is 10.8 Å². The SMILES string of the molecule is COCC[Si](C)(C)C.Clc1ccnc2[nH]cc(-c3ncccn3)c12. The van der Waals surface area contributed by atoms with Crippen LogP contribution in [0.4, 0.5) is 0 Å². The maximum Gasteiger partial charge on any atom is 0.161 e. The maximum atomic E-state index is 6.14. The molecule has 0 spiro atoms. The van der Waals surface area contributed by atoms with E-state index in [4.69, 9.17) is 16.3 Å². The summed E-state index contributed by atoms with van der Waals surface area (Å²) in [5.41, 5.74) is 1.61. The van der Waals surface area contributed by atoms with Gasteiger partial charge in [-0.3, -0.25) is 0 Å². The van der Waals surface area contributed by atoms with E-state index in [1.54, 1.807) is 37.8 Å². The third kappa shape index (κ3) is 5.12. The molecule has 3 aromatic rings. The van der Waals surface area contributed by atoms with Gasteiger partial charge >= 0.3 is 0 Å². The average Bonchev–Trinajstić information content (AvgIpc) is 2.99. The fourth-order valence-electron chi connectivity index (χ4n) is 2.04. The van der Waals surface area contributed by atoms with Crippen molar-refractivity contribution < 1.29 is 4.74 Å². The van der Waals surface area contributed by atoms with E-state index >= 15 is 0 Å². The van der Waals surface area contributed by atoms with Gasteiger partial charge in [0.2, 0.25) is 0 Å². The molecule has 0 aliphatic carbocycles. The molecule has 0 atom stereocenters. The van der Waals surface area contributed by atoms with Gasteiger partial charge in [-0.15, -0.1) is 0 Å². The Bertz CT molecular complexity index is 771. The van der Waals surface area contributed by atoms with Crippen LogP contribution in [-0.2, 0) is 4.74 Å². The van der Waals surface area contributed by atoms with Crippen LogP contribution < -0.4 is 0 Å². The summed E-state index contributed by atoms with van der Waals surface area (Å²) in [5, 5.41) is 1.50. The number of hydrogen-bond acceptors (Lipinski definition) is 4. The molecule has 128 valence electrons. The molecule has 0 unspecified atom stereocenters. The summed E-state index contributed by atoms with van der Waals surface area (Å²) in [4.78, 5) is 15.6. The van der Waals surface area contributed by atoms with Crippen molar-refractivity contribution in [3.8, 4) is 11.4 Å². The predicted octanol–water partition coefficient (Wildman–Crippen LogP) is 4.64. The molecule has 3 rings (SSSR count). The van der Waals surface area contributed by atoms with Crippen molar-refractivity contribution in [3.05, 3.63) is 41.9 Å². The maximum absolute atomic E-state index is 6.14. The summed E-state index contributed by atoms with van der Waals surface area (Å²) >= 11 is 6.14. The van der Waals surface area contributed by atoms with Crippen LogP contribution in [0.3, 0.4) is 0 Å². The van der Waals surface area contributed by atoms with Crippen LogP contribution in [0, 0.1) is 0 Å². The van der Waals surface area contributed by atoms with Gasteiger partial charge in [-0.1, -0.05) is 31.2 Å². The Labute approximate surface area is 148 Å². The van der Waals surface area contributed by atoms with E-state index in [-0.39, 0.29) is 0 Å². The van der Waals surface area contributed by atoms with Crippen LogP contribution in [0.1, 0.15) is 0 Å². The van der Waals surface area contributed by atoms with Crippen LogP contribution in [0.25, 0.3) is 22.4 Å². The second-order valence-corrected chi connectivity index (χ2v) is 12.6. The third-order valence-corrected chi connectivity index (χ3v) is 5.40. The van der Waals surface area contributed by atoms with Crippen molar-refractivity contribution in [1.82, 2.24) is 19.9 Å². The van der Waals surface area contributed by atoms with Crippen LogP contribution in [-0.4, -0.2) is 41.7 Å². The van der Waals surface area contributed by atoms with E-state index < -0.39 is 8.07 Å². The van der Waals surface area contributed by atoms with Crippen molar-refractivity contribution in [2.24, 2.45) is 0 Å². The van der Waals surface area contributed by atoms with Gasteiger partial charge in [0.05, 0.1) is 5.02 Å². The van der Waals surface area contributed by atoms with Gasteiger partial charge in [0.25, 0.3) is 0 Å². The normalized spacial score (nSPS) is 11.2. The van der Waals surface area contributed by atoms with Crippen molar-refractivity contribution in [3.63, 3.8) is 0 Å². The molecule has 0 bridgehead atoms. The number of fused-ring (bicyclic) bond motifs is 1. The number of halogens is 1. The van der Waals surface area contributed by atoms with Crippen molar-refractivity contribution in [1.29, 1.82) is 0 Å². The number of hydrogen-bond donors (Lipinski definition) is 1. The van der Waals surface area contributed by atoms with Gasteiger partial charge in [-0.05, 0) is 18.2 Å². The van der Waals surface area contributed by atoms with Crippen LogP contribution >= 0.6 is 11.6 Å². The molecule has 0 aliphatic rings. The van der Waals surface area contributed by atoms with E-state index in [1.807, 2.05) is 6.20 Å².